The van der Waals surface area contributed by atoms with Crippen molar-refractivity contribution < 1.29 is 14.6 Å². The fourth-order valence-corrected chi connectivity index (χ4v) is 1.93. The van der Waals surface area contributed by atoms with Gasteiger partial charge in [-0.1, -0.05) is 42.5 Å². The highest BCUT2D eigenvalue weighted by Gasteiger charge is 2.09. The summed E-state index contributed by atoms with van der Waals surface area (Å²) < 4.78 is 5.37. The van der Waals surface area contributed by atoms with E-state index in [-0.39, 0.29) is 0 Å². The molecule has 19 heavy (non-hydrogen) atoms. The van der Waals surface area contributed by atoms with Crippen molar-refractivity contribution in [3.8, 4) is 16.9 Å². The third-order valence-corrected chi connectivity index (χ3v) is 2.75. The molecule has 0 saturated heterocycles. The maximum absolute atomic E-state index is 10.7. The van der Waals surface area contributed by atoms with Crippen LogP contribution in [0.15, 0.2) is 54.6 Å². The molecule has 0 heterocycles. The summed E-state index contributed by atoms with van der Waals surface area (Å²) in [4.78, 5) is 10.7. The van der Waals surface area contributed by atoms with Gasteiger partial charge in [0.2, 0.25) is 0 Å². The van der Waals surface area contributed by atoms with Gasteiger partial charge in [0, 0.05) is 11.6 Å². The van der Waals surface area contributed by atoms with Crippen LogP contribution in [0.4, 0.5) is 0 Å². The van der Waals surface area contributed by atoms with Crippen molar-refractivity contribution in [2.24, 2.45) is 0 Å². The minimum Gasteiger partial charge on any atom is -0.496 e. The minimum absolute atomic E-state index is 0.721. The highest BCUT2D eigenvalue weighted by molar-refractivity contribution is 5.89. The summed E-state index contributed by atoms with van der Waals surface area (Å²) in [6.07, 6.45) is 2.70. The van der Waals surface area contributed by atoms with E-state index in [1.54, 1.807) is 13.2 Å². The molecule has 2 aromatic carbocycles. The number of benzene rings is 2. The van der Waals surface area contributed by atoms with Gasteiger partial charge in [0.15, 0.2) is 0 Å². The Kier molecular flexibility index (Phi) is 3.98. The van der Waals surface area contributed by atoms with Crippen LogP contribution in [0.5, 0.6) is 5.75 Å². The predicted octanol–water partition coefficient (Wildman–Crippen LogP) is 3.46. The SMILES string of the molecule is COc1cccc(C=CC(=O)O)c1-c1ccccc1. The van der Waals surface area contributed by atoms with Crippen LogP contribution < -0.4 is 4.74 Å². The van der Waals surface area contributed by atoms with Crippen LogP contribution in [-0.2, 0) is 4.79 Å². The molecule has 0 atom stereocenters. The lowest BCUT2D eigenvalue weighted by Gasteiger charge is -2.11. The van der Waals surface area contributed by atoms with E-state index in [2.05, 4.69) is 0 Å². The Morgan fingerprint density at radius 3 is 2.47 bits per heavy atom. The van der Waals surface area contributed by atoms with Crippen molar-refractivity contribution in [1.29, 1.82) is 0 Å². The first-order chi connectivity index (χ1) is 9.22. The summed E-state index contributed by atoms with van der Waals surface area (Å²) in [6, 6.07) is 15.3. The number of ether oxygens (including phenoxy) is 1. The van der Waals surface area contributed by atoms with Crippen LogP contribution in [0.25, 0.3) is 17.2 Å². The Morgan fingerprint density at radius 2 is 1.84 bits per heavy atom. The van der Waals surface area contributed by atoms with Crippen LogP contribution in [0, 0.1) is 0 Å². The van der Waals surface area contributed by atoms with Gasteiger partial charge in [-0.2, -0.15) is 0 Å². The van der Waals surface area contributed by atoms with Gasteiger partial charge in [0.25, 0.3) is 0 Å². The molecule has 1 N–H and O–H groups in total. The minimum atomic E-state index is -0.971. The van der Waals surface area contributed by atoms with E-state index < -0.39 is 5.97 Å². The van der Waals surface area contributed by atoms with E-state index in [4.69, 9.17) is 9.84 Å². The number of hydrogen-bond acceptors (Lipinski definition) is 2. The summed E-state index contributed by atoms with van der Waals surface area (Å²) in [5, 5.41) is 8.74. The largest absolute Gasteiger partial charge is 0.496 e. The second-order valence-electron chi connectivity index (χ2n) is 3.96. The number of methoxy groups -OCH3 is 1. The average molecular weight is 254 g/mol. The highest BCUT2D eigenvalue weighted by Crippen LogP contribution is 2.33. The zero-order valence-corrected chi connectivity index (χ0v) is 10.5. The van der Waals surface area contributed by atoms with E-state index in [1.165, 1.54) is 0 Å². The van der Waals surface area contributed by atoms with Crippen molar-refractivity contribution in [2.45, 2.75) is 0 Å². The molecule has 0 bridgehead atoms. The van der Waals surface area contributed by atoms with Crippen LogP contribution >= 0.6 is 0 Å². The molecule has 0 aliphatic heterocycles. The van der Waals surface area contributed by atoms with E-state index in [0.29, 0.717) is 0 Å². The van der Waals surface area contributed by atoms with Crippen LogP contribution in [0.2, 0.25) is 0 Å². The lowest BCUT2D eigenvalue weighted by Crippen LogP contribution is -1.92. The van der Waals surface area contributed by atoms with Gasteiger partial charge < -0.3 is 9.84 Å². The first-order valence-electron chi connectivity index (χ1n) is 5.86. The Hall–Kier alpha value is -2.55. The zero-order chi connectivity index (χ0) is 13.7. The fraction of sp³-hybridized carbons (Fsp3) is 0.0625. The molecule has 96 valence electrons. The van der Waals surface area contributed by atoms with Crippen LogP contribution in [0.3, 0.4) is 0 Å². The van der Waals surface area contributed by atoms with Crippen molar-refractivity contribution in [2.75, 3.05) is 7.11 Å². The lowest BCUT2D eigenvalue weighted by molar-refractivity contribution is -0.131. The summed E-state index contributed by atoms with van der Waals surface area (Å²) in [5.74, 6) is -0.249. The fourth-order valence-electron chi connectivity index (χ4n) is 1.93. The quantitative estimate of drug-likeness (QED) is 0.850. The molecule has 0 aliphatic carbocycles. The molecule has 0 unspecified atom stereocenters. The van der Waals surface area contributed by atoms with E-state index in [0.717, 1.165) is 28.5 Å². The van der Waals surface area contributed by atoms with Crippen molar-refractivity contribution >= 4 is 12.0 Å². The number of rotatable bonds is 4. The molecule has 0 saturated carbocycles. The Bertz CT molecular complexity index is 601. The standard InChI is InChI=1S/C16H14O3/c1-19-14-9-5-8-13(10-11-15(17)18)16(14)12-6-3-2-4-7-12/h2-11H,1H3,(H,17,18). The monoisotopic (exact) mass is 254 g/mol. The third-order valence-electron chi connectivity index (χ3n) is 2.75. The number of carboxylic acid groups (broad SMARTS) is 1. The van der Waals surface area contributed by atoms with E-state index in [1.807, 2.05) is 48.5 Å². The van der Waals surface area contributed by atoms with Crippen molar-refractivity contribution in [3.05, 3.63) is 60.2 Å². The number of carbonyl (C=O) groups is 1. The molecule has 2 aromatic rings. The summed E-state index contributed by atoms with van der Waals surface area (Å²) in [5.41, 5.74) is 2.70. The van der Waals surface area contributed by atoms with Gasteiger partial charge in [-0.05, 0) is 23.3 Å². The Morgan fingerprint density at radius 1 is 1.11 bits per heavy atom. The molecule has 3 nitrogen and oxygen atoms in total. The molecule has 0 aromatic heterocycles. The smallest absolute Gasteiger partial charge is 0.328 e. The van der Waals surface area contributed by atoms with Crippen LogP contribution in [-0.4, -0.2) is 18.2 Å². The first-order valence-corrected chi connectivity index (χ1v) is 5.86. The van der Waals surface area contributed by atoms with Gasteiger partial charge >= 0.3 is 5.97 Å². The van der Waals surface area contributed by atoms with E-state index in [9.17, 15) is 4.79 Å². The number of carboxylic acids is 1. The van der Waals surface area contributed by atoms with Gasteiger partial charge in [-0.3, -0.25) is 0 Å². The van der Waals surface area contributed by atoms with Gasteiger partial charge in [-0.15, -0.1) is 0 Å². The maximum atomic E-state index is 10.7. The Balaban J connectivity index is 2.58. The average Bonchev–Trinajstić information content (AvgIpc) is 2.45. The van der Waals surface area contributed by atoms with Crippen molar-refractivity contribution in [1.82, 2.24) is 0 Å². The zero-order valence-electron chi connectivity index (χ0n) is 10.5. The molecular formula is C16H14O3. The Labute approximate surface area is 111 Å². The van der Waals surface area contributed by atoms with Crippen molar-refractivity contribution in [3.63, 3.8) is 0 Å². The second-order valence-corrected chi connectivity index (χ2v) is 3.96. The van der Waals surface area contributed by atoms with Gasteiger partial charge in [0.05, 0.1) is 7.11 Å². The van der Waals surface area contributed by atoms with E-state index >= 15 is 0 Å². The topological polar surface area (TPSA) is 46.5 Å². The lowest BCUT2D eigenvalue weighted by atomic mass is 9.98. The molecule has 0 aliphatic rings. The number of aliphatic carboxylic acids is 1. The molecule has 0 spiro atoms. The summed E-state index contributed by atoms with van der Waals surface area (Å²) in [7, 11) is 1.60. The normalized spacial score (nSPS) is 10.6. The summed E-state index contributed by atoms with van der Waals surface area (Å²) >= 11 is 0. The molecule has 0 fully saturated rings. The molecule has 0 radical (unpaired) electrons. The molecule has 3 heteroatoms. The van der Waals surface area contributed by atoms with Gasteiger partial charge in [0.1, 0.15) is 5.75 Å². The van der Waals surface area contributed by atoms with Crippen LogP contribution in [0.1, 0.15) is 5.56 Å². The summed E-state index contributed by atoms with van der Waals surface area (Å²) in [6.45, 7) is 0. The highest BCUT2D eigenvalue weighted by atomic mass is 16.5. The number of hydrogen-bond donors (Lipinski definition) is 1. The third kappa shape index (κ3) is 3.01. The predicted molar refractivity (Wildman–Crippen MR) is 75.1 cm³/mol. The van der Waals surface area contributed by atoms with Gasteiger partial charge in [-0.25, -0.2) is 4.79 Å². The molecular weight excluding hydrogens is 240 g/mol. The maximum Gasteiger partial charge on any atom is 0.328 e. The second kappa shape index (κ2) is 5.87. The molecule has 2 rings (SSSR count). The first kappa shape index (κ1) is 12.9. The molecule has 0 amide bonds.